The average molecular weight is 366 g/mol. The summed E-state index contributed by atoms with van der Waals surface area (Å²) in [4.78, 5) is 11.7. The maximum absolute atomic E-state index is 13.1. The molecular weight excluding hydrogens is 343 g/mol. The van der Waals surface area contributed by atoms with Gasteiger partial charge in [0.1, 0.15) is 11.6 Å². The van der Waals surface area contributed by atoms with Crippen LogP contribution in [0.2, 0.25) is 0 Å². The van der Waals surface area contributed by atoms with E-state index in [1.54, 1.807) is 12.1 Å². The van der Waals surface area contributed by atoms with Gasteiger partial charge in [0, 0.05) is 25.0 Å². The number of nitrogens with zero attached hydrogens (tertiary/aromatic N) is 3. The molecule has 1 saturated heterocycles. The fraction of sp³-hybridized carbons (Fsp3) is 0.333. The third kappa shape index (κ3) is 4.01. The monoisotopic (exact) mass is 366 g/mol. The topological polar surface area (TPSA) is 50.3 Å². The molecular formula is C21H23FN4O. The van der Waals surface area contributed by atoms with Crippen molar-refractivity contribution in [3.63, 3.8) is 0 Å². The molecule has 1 N–H and O–H groups in total. The Kier molecular flexibility index (Phi) is 4.90. The second-order valence-corrected chi connectivity index (χ2v) is 7.03. The molecule has 3 aromatic rings. The zero-order valence-corrected chi connectivity index (χ0v) is 15.5. The first-order chi connectivity index (χ1) is 13.1. The fourth-order valence-corrected chi connectivity index (χ4v) is 3.47. The lowest BCUT2D eigenvalue weighted by Crippen LogP contribution is -2.46. The number of ether oxygens (including phenoxy) is 1. The van der Waals surface area contributed by atoms with Crippen molar-refractivity contribution < 1.29 is 9.13 Å². The van der Waals surface area contributed by atoms with Gasteiger partial charge in [0.25, 0.3) is 0 Å². The van der Waals surface area contributed by atoms with E-state index in [9.17, 15) is 4.39 Å². The molecule has 2 heterocycles. The number of halogens is 1. The highest BCUT2D eigenvalue weighted by molar-refractivity contribution is 5.90. The number of hydrogen-bond donors (Lipinski definition) is 1. The number of benzene rings is 2. The molecule has 0 bridgehead atoms. The molecule has 0 saturated carbocycles. The summed E-state index contributed by atoms with van der Waals surface area (Å²) < 4.78 is 19.0. The minimum Gasteiger partial charge on any atom is -0.372 e. The van der Waals surface area contributed by atoms with Crippen LogP contribution in [0.1, 0.15) is 19.4 Å². The average Bonchev–Trinajstić information content (AvgIpc) is 2.66. The van der Waals surface area contributed by atoms with Gasteiger partial charge in [0.15, 0.2) is 0 Å². The number of nitrogens with one attached hydrogen (secondary N) is 1. The smallest absolute Gasteiger partial charge is 0.228 e. The van der Waals surface area contributed by atoms with Crippen LogP contribution in [0, 0.1) is 5.82 Å². The first-order valence-electron chi connectivity index (χ1n) is 9.24. The standard InChI is InChI=1S/C21H23FN4O/c1-14-12-26(13-15(2)27-14)21-24-19-6-4-3-5-18(19)20(25-21)23-11-16-7-9-17(22)10-8-16/h3-10,14-15H,11-13H2,1-2H3,(H,23,24,25). The summed E-state index contributed by atoms with van der Waals surface area (Å²) in [7, 11) is 0. The summed E-state index contributed by atoms with van der Waals surface area (Å²) in [5, 5.41) is 4.36. The summed E-state index contributed by atoms with van der Waals surface area (Å²) >= 11 is 0. The maximum atomic E-state index is 13.1. The van der Waals surface area contributed by atoms with E-state index in [4.69, 9.17) is 14.7 Å². The van der Waals surface area contributed by atoms with E-state index in [1.165, 1.54) is 12.1 Å². The van der Waals surface area contributed by atoms with Gasteiger partial charge in [-0.25, -0.2) is 9.37 Å². The van der Waals surface area contributed by atoms with E-state index in [2.05, 4.69) is 24.1 Å². The van der Waals surface area contributed by atoms with E-state index < -0.39 is 0 Å². The number of para-hydroxylation sites is 1. The van der Waals surface area contributed by atoms with Gasteiger partial charge in [-0.05, 0) is 43.7 Å². The molecule has 5 nitrogen and oxygen atoms in total. The predicted octanol–water partition coefficient (Wildman–Crippen LogP) is 3.99. The van der Waals surface area contributed by atoms with Gasteiger partial charge in [-0.1, -0.05) is 24.3 Å². The van der Waals surface area contributed by atoms with Crippen molar-refractivity contribution in [2.45, 2.75) is 32.6 Å². The Bertz CT molecular complexity index is 921. The lowest BCUT2D eigenvalue weighted by atomic mass is 10.2. The Morgan fingerprint density at radius 3 is 2.48 bits per heavy atom. The van der Waals surface area contributed by atoms with Crippen LogP contribution in [0.5, 0.6) is 0 Å². The zero-order valence-electron chi connectivity index (χ0n) is 15.5. The Morgan fingerprint density at radius 2 is 1.74 bits per heavy atom. The number of fused-ring (bicyclic) bond motifs is 1. The molecule has 0 amide bonds. The van der Waals surface area contributed by atoms with Gasteiger partial charge in [0.05, 0.1) is 17.7 Å². The molecule has 6 heteroatoms. The van der Waals surface area contributed by atoms with Crippen LogP contribution in [-0.4, -0.2) is 35.3 Å². The van der Waals surface area contributed by atoms with Crippen molar-refractivity contribution in [3.8, 4) is 0 Å². The lowest BCUT2D eigenvalue weighted by Gasteiger charge is -2.35. The zero-order chi connectivity index (χ0) is 18.8. The van der Waals surface area contributed by atoms with Crippen LogP contribution >= 0.6 is 0 Å². The number of hydrogen-bond acceptors (Lipinski definition) is 5. The predicted molar refractivity (Wildman–Crippen MR) is 105 cm³/mol. The number of rotatable bonds is 4. The second-order valence-electron chi connectivity index (χ2n) is 7.03. The molecule has 0 aliphatic carbocycles. The SMILES string of the molecule is CC1CN(c2nc(NCc3ccc(F)cc3)c3ccccc3n2)CC(C)O1. The Labute approximate surface area is 158 Å². The highest BCUT2D eigenvalue weighted by atomic mass is 19.1. The van der Waals surface area contributed by atoms with Crippen molar-refractivity contribution in [2.24, 2.45) is 0 Å². The van der Waals surface area contributed by atoms with Gasteiger partial charge >= 0.3 is 0 Å². The van der Waals surface area contributed by atoms with Crippen molar-refractivity contribution in [1.29, 1.82) is 0 Å². The fourth-order valence-electron chi connectivity index (χ4n) is 3.47. The van der Waals surface area contributed by atoms with Crippen LogP contribution in [0.15, 0.2) is 48.5 Å². The van der Waals surface area contributed by atoms with Crippen molar-refractivity contribution in [3.05, 3.63) is 59.9 Å². The van der Waals surface area contributed by atoms with Gasteiger partial charge in [-0.3, -0.25) is 0 Å². The summed E-state index contributed by atoms with van der Waals surface area (Å²) in [5.41, 5.74) is 1.89. The molecule has 2 aromatic carbocycles. The van der Waals surface area contributed by atoms with Crippen molar-refractivity contribution >= 4 is 22.7 Å². The van der Waals surface area contributed by atoms with Crippen LogP contribution in [0.4, 0.5) is 16.2 Å². The van der Waals surface area contributed by atoms with Crippen LogP contribution in [0.25, 0.3) is 10.9 Å². The van der Waals surface area contributed by atoms with Gasteiger partial charge in [-0.2, -0.15) is 4.98 Å². The van der Waals surface area contributed by atoms with Crippen LogP contribution < -0.4 is 10.2 Å². The van der Waals surface area contributed by atoms with E-state index in [1.807, 2.05) is 24.3 Å². The third-order valence-corrected chi connectivity index (χ3v) is 4.67. The molecule has 2 unspecified atom stereocenters. The van der Waals surface area contributed by atoms with E-state index >= 15 is 0 Å². The first-order valence-corrected chi connectivity index (χ1v) is 9.24. The minimum atomic E-state index is -0.232. The molecule has 1 aromatic heterocycles. The number of aromatic nitrogens is 2. The Morgan fingerprint density at radius 1 is 1.04 bits per heavy atom. The van der Waals surface area contributed by atoms with Gasteiger partial charge in [0.2, 0.25) is 5.95 Å². The molecule has 0 radical (unpaired) electrons. The molecule has 1 fully saturated rings. The lowest BCUT2D eigenvalue weighted by molar-refractivity contribution is -0.00569. The minimum absolute atomic E-state index is 0.138. The van der Waals surface area contributed by atoms with Crippen LogP contribution in [-0.2, 0) is 11.3 Å². The maximum Gasteiger partial charge on any atom is 0.228 e. The Hall–Kier alpha value is -2.73. The second kappa shape index (κ2) is 7.48. The summed E-state index contributed by atoms with van der Waals surface area (Å²) in [6, 6.07) is 14.5. The molecule has 2 atom stereocenters. The number of anilines is 2. The molecule has 0 spiro atoms. The van der Waals surface area contributed by atoms with E-state index in [0.29, 0.717) is 12.5 Å². The van der Waals surface area contributed by atoms with Crippen LogP contribution in [0.3, 0.4) is 0 Å². The largest absolute Gasteiger partial charge is 0.372 e. The molecule has 1 aliphatic rings. The summed E-state index contributed by atoms with van der Waals surface area (Å²) in [6.07, 6.45) is 0.277. The first kappa shape index (κ1) is 17.7. The molecule has 140 valence electrons. The Balaban J connectivity index is 1.65. The highest BCUT2D eigenvalue weighted by Gasteiger charge is 2.24. The van der Waals surface area contributed by atoms with Crippen molar-refractivity contribution in [1.82, 2.24) is 9.97 Å². The quantitative estimate of drug-likeness (QED) is 0.756. The van der Waals surface area contributed by atoms with E-state index in [0.717, 1.165) is 35.4 Å². The molecule has 27 heavy (non-hydrogen) atoms. The summed E-state index contributed by atoms with van der Waals surface area (Å²) in [5.74, 6) is 1.26. The highest BCUT2D eigenvalue weighted by Crippen LogP contribution is 2.25. The third-order valence-electron chi connectivity index (χ3n) is 4.67. The molecule has 1 aliphatic heterocycles. The van der Waals surface area contributed by atoms with E-state index in [-0.39, 0.29) is 18.0 Å². The van der Waals surface area contributed by atoms with Gasteiger partial charge in [-0.15, -0.1) is 0 Å². The van der Waals surface area contributed by atoms with Crippen molar-refractivity contribution in [2.75, 3.05) is 23.3 Å². The summed E-state index contributed by atoms with van der Waals surface area (Å²) in [6.45, 7) is 6.23. The normalized spacial score (nSPS) is 20.0. The number of morpholine rings is 1. The molecule has 4 rings (SSSR count). The van der Waals surface area contributed by atoms with Gasteiger partial charge < -0.3 is 15.0 Å².